The highest BCUT2D eigenvalue weighted by Crippen LogP contribution is 2.15. The molecule has 0 N–H and O–H groups in total. The number of hydrogen-bond donors (Lipinski definition) is 0. The van der Waals surface area contributed by atoms with E-state index in [4.69, 9.17) is 4.74 Å². The number of aliphatic imine (C=N–C) groups is 1. The quantitative estimate of drug-likeness (QED) is 0.343. The summed E-state index contributed by atoms with van der Waals surface area (Å²) in [6, 6.07) is 7.77. The van der Waals surface area contributed by atoms with Crippen LogP contribution < -0.4 is 0 Å². The van der Waals surface area contributed by atoms with Gasteiger partial charge in [-0.2, -0.15) is 0 Å². The molecular weight excluding hydrogens is 266 g/mol. The maximum absolute atomic E-state index is 11.4. The summed E-state index contributed by atoms with van der Waals surface area (Å²) >= 11 is 0. The lowest BCUT2D eigenvalue weighted by molar-refractivity contribution is -0.130. The molecule has 0 radical (unpaired) electrons. The van der Waals surface area contributed by atoms with Gasteiger partial charge in [-0.05, 0) is 23.8 Å². The van der Waals surface area contributed by atoms with Gasteiger partial charge in [-0.15, -0.1) is 5.54 Å². The van der Waals surface area contributed by atoms with Crippen molar-refractivity contribution in [3.63, 3.8) is 0 Å². The normalized spacial score (nSPS) is 16.5. The van der Waals surface area contributed by atoms with Crippen molar-refractivity contribution >= 4 is 26.0 Å². The Labute approximate surface area is 120 Å². The Hall–Kier alpha value is -2.12. The minimum atomic E-state index is -1.35. The molecule has 0 aliphatic carbocycles. The molecule has 4 heteroatoms. The molecule has 0 aromatic heterocycles. The van der Waals surface area contributed by atoms with E-state index < -0.39 is 14.0 Å². The summed E-state index contributed by atoms with van der Waals surface area (Å²) in [6.07, 6.45) is 1.72. The van der Waals surface area contributed by atoms with Crippen LogP contribution in [0.25, 0.3) is 6.08 Å². The minimum Gasteiger partial charge on any atom is -0.407 e. The molecule has 1 aliphatic heterocycles. The Kier molecular flexibility index (Phi) is 3.91. The highest BCUT2D eigenvalue weighted by Gasteiger charge is 2.19. The first-order valence-corrected chi connectivity index (χ1v) is 9.96. The second-order valence-corrected chi connectivity index (χ2v) is 10.4. The van der Waals surface area contributed by atoms with Crippen molar-refractivity contribution in [3.05, 3.63) is 41.1 Å². The van der Waals surface area contributed by atoms with Crippen LogP contribution in [-0.2, 0) is 9.53 Å². The summed E-state index contributed by atoms with van der Waals surface area (Å²) in [5, 5.41) is 0. The molecule has 20 heavy (non-hydrogen) atoms. The van der Waals surface area contributed by atoms with Crippen LogP contribution in [0.3, 0.4) is 0 Å². The van der Waals surface area contributed by atoms with Crippen LogP contribution in [0.5, 0.6) is 0 Å². The molecule has 1 heterocycles. The zero-order valence-corrected chi connectivity index (χ0v) is 13.2. The Bertz CT molecular complexity index is 652. The first-order valence-electron chi connectivity index (χ1n) is 6.46. The summed E-state index contributed by atoms with van der Waals surface area (Å²) in [5.74, 6) is 3.18. The molecular formula is C16H17NO2Si. The largest absolute Gasteiger partial charge is 0.407 e. The number of ether oxygens (including phenoxy) is 1. The fourth-order valence-corrected chi connectivity index (χ4v) is 2.12. The number of nitrogens with zero attached hydrogens (tertiary/aromatic N) is 1. The van der Waals surface area contributed by atoms with Crippen LogP contribution in [0.2, 0.25) is 19.6 Å². The Morgan fingerprint density at radius 3 is 2.35 bits per heavy atom. The Balaban J connectivity index is 2.19. The molecule has 0 atom stereocenters. The van der Waals surface area contributed by atoms with E-state index in [-0.39, 0.29) is 0 Å². The van der Waals surface area contributed by atoms with E-state index in [0.29, 0.717) is 11.6 Å². The summed E-state index contributed by atoms with van der Waals surface area (Å²) in [5.41, 5.74) is 5.56. The predicted molar refractivity (Wildman–Crippen MR) is 83.8 cm³/mol. The molecule has 1 aromatic rings. The second kappa shape index (κ2) is 5.47. The van der Waals surface area contributed by atoms with Crippen molar-refractivity contribution in [3.8, 4) is 11.5 Å². The number of carbonyl (C=O) groups excluding carboxylic acids is 1. The topological polar surface area (TPSA) is 38.7 Å². The van der Waals surface area contributed by atoms with Crippen molar-refractivity contribution in [2.45, 2.75) is 26.6 Å². The van der Waals surface area contributed by atoms with Crippen LogP contribution in [0.4, 0.5) is 0 Å². The van der Waals surface area contributed by atoms with Gasteiger partial charge in [-0.1, -0.05) is 37.7 Å². The van der Waals surface area contributed by atoms with Gasteiger partial charge in [-0.3, -0.25) is 0 Å². The van der Waals surface area contributed by atoms with Gasteiger partial charge >= 0.3 is 5.97 Å². The lowest BCUT2D eigenvalue weighted by atomic mass is 10.1. The van der Waals surface area contributed by atoms with E-state index in [1.54, 1.807) is 13.0 Å². The minimum absolute atomic E-state index is 0.337. The third-order valence-corrected chi connectivity index (χ3v) is 3.40. The van der Waals surface area contributed by atoms with E-state index in [1.807, 2.05) is 24.3 Å². The van der Waals surface area contributed by atoms with Gasteiger partial charge in [-0.25, -0.2) is 9.79 Å². The van der Waals surface area contributed by atoms with Gasteiger partial charge in [0.2, 0.25) is 0 Å². The highest BCUT2D eigenvalue weighted by atomic mass is 28.3. The fourth-order valence-electron chi connectivity index (χ4n) is 1.60. The average Bonchev–Trinajstić information content (AvgIpc) is 2.66. The van der Waals surface area contributed by atoms with Crippen molar-refractivity contribution in [1.29, 1.82) is 0 Å². The van der Waals surface area contributed by atoms with Gasteiger partial charge in [0.1, 0.15) is 8.07 Å². The predicted octanol–water partition coefficient (Wildman–Crippen LogP) is 3.23. The number of cyclic esters (lactones) is 1. The zero-order chi connectivity index (χ0) is 14.8. The van der Waals surface area contributed by atoms with Crippen LogP contribution >= 0.6 is 0 Å². The van der Waals surface area contributed by atoms with Gasteiger partial charge in [0.15, 0.2) is 11.6 Å². The molecule has 0 bridgehead atoms. The summed E-state index contributed by atoms with van der Waals surface area (Å²) in [6.45, 7) is 8.30. The van der Waals surface area contributed by atoms with Crippen molar-refractivity contribution in [2.75, 3.05) is 0 Å². The van der Waals surface area contributed by atoms with Gasteiger partial charge in [0, 0.05) is 12.5 Å². The molecule has 1 aromatic carbocycles. The van der Waals surface area contributed by atoms with Crippen molar-refractivity contribution in [1.82, 2.24) is 0 Å². The van der Waals surface area contributed by atoms with Crippen LogP contribution in [0.1, 0.15) is 18.1 Å². The van der Waals surface area contributed by atoms with Crippen LogP contribution in [-0.4, -0.2) is 19.9 Å². The number of esters is 1. The third kappa shape index (κ3) is 3.94. The molecule has 0 unspecified atom stereocenters. The lowest BCUT2D eigenvalue weighted by Gasteiger charge is -2.03. The monoisotopic (exact) mass is 283 g/mol. The van der Waals surface area contributed by atoms with Gasteiger partial charge in [0.25, 0.3) is 0 Å². The Morgan fingerprint density at radius 2 is 1.85 bits per heavy atom. The lowest BCUT2D eigenvalue weighted by Crippen LogP contribution is -2.16. The maximum atomic E-state index is 11.4. The molecule has 0 saturated carbocycles. The Morgan fingerprint density at radius 1 is 1.20 bits per heavy atom. The standard InChI is InChI=1S/C16H17NO2Si/c1-12-17-15(16(18)19-12)11-14-7-5-13(6-8-14)9-10-20(2,3)4/h5-8,11H,1-4H3/b15-11-. The number of rotatable bonds is 1. The highest BCUT2D eigenvalue weighted by molar-refractivity contribution is 6.83. The van der Waals surface area contributed by atoms with E-state index in [2.05, 4.69) is 36.1 Å². The van der Waals surface area contributed by atoms with E-state index in [0.717, 1.165) is 11.1 Å². The molecule has 0 saturated heterocycles. The van der Waals surface area contributed by atoms with E-state index in [9.17, 15) is 4.79 Å². The zero-order valence-electron chi connectivity index (χ0n) is 12.2. The molecule has 0 spiro atoms. The van der Waals surface area contributed by atoms with Gasteiger partial charge < -0.3 is 4.74 Å². The fraction of sp³-hybridized carbons (Fsp3) is 0.250. The first-order chi connectivity index (χ1) is 9.33. The van der Waals surface area contributed by atoms with E-state index >= 15 is 0 Å². The summed E-state index contributed by atoms with van der Waals surface area (Å²) in [7, 11) is -1.35. The van der Waals surface area contributed by atoms with Crippen LogP contribution in [0, 0.1) is 11.5 Å². The average molecular weight is 283 g/mol. The third-order valence-electron chi connectivity index (χ3n) is 2.52. The molecule has 1 aliphatic rings. The van der Waals surface area contributed by atoms with Crippen molar-refractivity contribution < 1.29 is 9.53 Å². The number of hydrogen-bond acceptors (Lipinski definition) is 3. The molecule has 102 valence electrons. The summed E-state index contributed by atoms with van der Waals surface area (Å²) < 4.78 is 4.87. The SMILES string of the molecule is CC1=N/C(=C\c2ccc(C#C[Si](C)(C)C)cc2)C(=O)O1. The van der Waals surface area contributed by atoms with Gasteiger partial charge in [0.05, 0.1) is 0 Å². The summed E-state index contributed by atoms with van der Waals surface area (Å²) in [4.78, 5) is 15.5. The number of carbonyl (C=O) groups is 1. The van der Waals surface area contributed by atoms with Crippen LogP contribution in [0.15, 0.2) is 35.0 Å². The first kappa shape index (κ1) is 14.3. The van der Waals surface area contributed by atoms with E-state index in [1.165, 1.54) is 0 Å². The molecule has 0 amide bonds. The molecule has 3 nitrogen and oxygen atoms in total. The molecule has 0 fully saturated rings. The molecule has 2 rings (SSSR count). The maximum Gasteiger partial charge on any atom is 0.363 e. The smallest absolute Gasteiger partial charge is 0.363 e. The van der Waals surface area contributed by atoms with Crippen molar-refractivity contribution in [2.24, 2.45) is 4.99 Å². The second-order valence-electron chi connectivity index (χ2n) is 5.67. The number of benzene rings is 1.